The maximum atomic E-state index is 6.14. The van der Waals surface area contributed by atoms with E-state index in [2.05, 4.69) is 46.7 Å². The summed E-state index contributed by atoms with van der Waals surface area (Å²) in [6.07, 6.45) is 3.74. The molecule has 2 nitrogen and oxygen atoms in total. The van der Waals surface area contributed by atoms with Crippen molar-refractivity contribution in [2.45, 2.75) is 13.0 Å². The fourth-order valence-electron chi connectivity index (χ4n) is 2.75. The molecular weight excluding hydrogens is 280 g/mol. The molecule has 106 valence electrons. The Morgan fingerprint density at radius 1 is 1.14 bits per heavy atom. The minimum absolute atomic E-state index is 0.132. The van der Waals surface area contributed by atoms with Gasteiger partial charge in [-0.15, -0.1) is 0 Å². The van der Waals surface area contributed by atoms with Crippen LogP contribution in [0.1, 0.15) is 22.7 Å². The zero-order valence-electron chi connectivity index (χ0n) is 12.1. The van der Waals surface area contributed by atoms with Crippen molar-refractivity contribution in [2.75, 3.05) is 7.05 Å². The van der Waals surface area contributed by atoms with E-state index < -0.39 is 0 Å². The van der Waals surface area contributed by atoms with Gasteiger partial charge in [-0.3, -0.25) is 4.98 Å². The standard InChI is InChI=1S/C18H17ClN2/c1-12-10-13(6-7-17(12)19)18(20-2)16-5-3-4-14-11-21-9-8-15(14)16/h3-11,18,20H,1-2H3. The number of nitrogens with zero attached hydrogens (tertiary/aromatic N) is 1. The lowest BCUT2D eigenvalue weighted by Crippen LogP contribution is -2.18. The molecule has 1 unspecified atom stereocenters. The third-order valence-electron chi connectivity index (χ3n) is 3.83. The molecule has 1 heterocycles. The minimum atomic E-state index is 0.132. The van der Waals surface area contributed by atoms with Gasteiger partial charge in [-0.2, -0.15) is 0 Å². The van der Waals surface area contributed by atoms with Crippen molar-refractivity contribution in [3.63, 3.8) is 0 Å². The Labute approximate surface area is 129 Å². The molecule has 0 bridgehead atoms. The summed E-state index contributed by atoms with van der Waals surface area (Å²) < 4.78 is 0. The summed E-state index contributed by atoms with van der Waals surface area (Å²) in [6, 6.07) is 14.7. The van der Waals surface area contributed by atoms with Crippen LogP contribution in [0.3, 0.4) is 0 Å². The molecule has 0 radical (unpaired) electrons. The molecule has 1 atom stereocenters. The molecule has 21 heavy (non-hydrogen) atoms. The van der Waals surface area contributed by atoms with E-state index in [1.54, 1.807) is 0 Å². The Kier molecular flexibility index (Phi) is 3.91. The third kappa shape index (κ3) is 2.65. The molecule has 3 aromatic rings. The number of rotatable bonds is 3. The highest BCUT2D eigenvalue weighted by molar-refractivity contribution is 6.31. The highest BCUT2D eigenvalue weighted by Crippen LogP contribution is 2.30. The van der Waals surface area contributed by atoms with Gasteiger partial charge in [0, 0.05) is 22.8 Å². The Bertz CT molecular complexity index is 778. The molecule has 0 aliphatic heterocycles. The molecule has 0 aliphatic carbocycles. The number of halogens is 1. The van der Waals surface area contributed by atoms with E-state index in [-0.39, 0.29) is 6.04 Å². The van der Waals surface area contributed by atoms with Gasteiger partial charge in [0.25, 0.3) is 0 Å². The van der Waals surface area contributed by atoms with Gasteiger partial charge in [-0.05, 0) is 48.2 Å². The van der Waals surface area contributed by atoms with E-state index >= 15 is 0 Å². The van der Waals surface area contributed by atoms with Gasteiger partial charge in [-0.25, -0.2) is 0 Å². The van der Waals surface area contributed by atoms with Crippen LogP contribution in [0.5, 0.6) is 0 Å². The predicted octanol–water partition coefficient (Wildman–Crippen LogP) is 4.51. The average Bonchev–Trinajstić information content (AvgIpc) is 2.52. The Morgan fingerprint density at radius 2 is 2.00 bits per heavy atom. The lowest BCUT2D eigenvalue weighted by Gasteiger charge is -2.20. The summed E-state index contributed by atoms with van der Waals surface area (Å²) >= 11 is 6.14. The Balaban J connectivity index is 2.16. The summed E-state index contributed by atoms with van der Waals surface area (Å²) in [5, 5.41) is 6.59. The van der Waals surface area contributed by atoms with Crippen LogP contribution in [-0.4, -0.2) is 12.0 Å². The third-order valence-corrected chi connectivity index (χ3v) is 4.25. The van der Waals surface area contributed by atoms with Crippen molar-refractivity contribution in [2.24, 2.45) is 0 Å². The molecule has 0 amide bonds. The second-order valence-corrected chi connectivity index (χ2v) is 5.58. The van der Waals surface area contributed by atoms with Gasteiger partial charge in [0.2, 0.25) is 0 Å². The lowest BCUT2D eigenvalue weighted by atomic mass is 9.94. The first-order valence-electron chi connectivity index (χ1n) is 6.96. The van der Waals surface area contributed by atoms with Crippen molar-refractivity contribution in [1.82, 2.24) is 10.3 Å². The van der Waals surface area contributed by atoms with E-state index in [0.29, 0.717) is 0 Å². The number of aromatic nitrogens is 1. The summed E-state index contributed by atoms with van der Waals surface area (Å²) in [7, 11) is 1.98. The molecule has 0 aliphatic rings. The van der Waals surface area contributed by atoms with Crippen molar-refractivity contribution < 1.29 is 0 Å². The lowest BCUT2D eigenvalue weighted by molar-refractivity contribution is 0.696. The second-order valence-electron chi connectivity index (χ2n) is 5.17. The number of pyridine rings is 1. The minimum Gasteiger partial charge on any atom is -0.309 e. The first-order chi connectivity index (χ1) is 10.2. The monoisotopic (exact) mass is 296 g/mol. The summed E-state index contributed by atoms with van der Waals surface area (Å²) in [5.41, 5.74) is 3.55. The molecule has 0 fully saturated rings. The normalized spacial score (nSPS) is 12.5. The zero-order valence-corrected chi connectivity index (χ0v) is 12.9. The van der Waals surface area contributed by atoms with Gasteiger partial charge < -0.3 is 5.32 Å². The molecule has 3 rings (SSSR count). The zero-order chi connectivity index (χ0) is 14.8. The maximum absolute atomic E-state index is 6.14. The second kappa shape index (κ2) is 5.84. The van der Waals surface area contributed by atoms with Crippen LogP contribution < -0.4 is 5.32 Å². The summed E-state index contributed by atoms with van der Waals surface area (Å²) in [5.74, 6) is 0. The first-order valence-corrected chi connectivity index (χ1v) is 7.34. The molecule has 0 spiro atoms. The largest absolute Gasteiger partial charge is 0.309 e. The fourth-order valence-corrected chi connectivity index (χ4v) is 2.87. The number of hydrogen-bond acceptors (Lipinski definition) is 2. The SMILES string of the molecule is CNC(c1ccc(Cl)c(C)c1)c1cccc2cnccc12. The first kappa shape index (κ1) is 14.1. The van der Waals surface area contributed by atoms with Crippen molar-refractivity contribution in [1.29, 1.82) is 0 Å². The fraction of sp³-hybridized carbons (Fsp3) is 0.167. The number of hydrogen-bond donors (Lipinski definition) is 1. The van der Waals surface area contributed by atoms with Gasteiger partial charge in [0.15, 0.2) is 0 Å². The van der Waals surface area contributed by atoms with Crippen LogP contribution in [-0.2, 0) is 0 Å². The van der Waals surface area contributed by atoms with Gasteiger partial charge >= 0.3 is 0 Å². The molecule has 1 aromatic heterocycles. The van der Waals surface area contributed by atoms with Gasteiger partial charge in [-0.1, -0.05) is 41.9 Å². The van der Waals surface area contributed by atoms with Crippen molar-refractivity contribution in [3.05, 3.63) is 76.6 Å². The van der Waals surface area contributed by atoms with Crippen LogP contribution in [0.2, 0.25) is 5.02 Å². The predicted molar refractivity (Wildman–Crippen MR) is 88.8 cm³/mol. The smallest absolute Gasteiger partial charge is 0.0580 e. The van der Waals surface area contributed by atoms with Gasteiger partial charge in [0.05, 0.1) is 6.04 Å². The topological polar surface area (TPSA) is 24.9 Å². The van der Waals surface area contributed by atoms with E-state index in [1.807, 2.05) is 32.4 Å². The van der Waals surface area contributed by atoms with Crippen LogP contribution >= 0.6 is 11.6 Å². The quantitative estimate of drug-likeness (QED) is 0.769. The number of benzene rings is 2. The van der Waals surface area contributed by atoms with E-state index in [9.17, 15) is 0 Å². The highest BCUT2D eigenvalue weighted by atomic mass is 35.5. The molecular formula is C18H17ClN2. The van der Waals surface area contributed by atoms with E-state index in [0.717, 1.165) is 16.0 Å². The van der Waals surface area contributed by atoms with Crippen LogP contribution in [0.25, 0.3) is 10.8 Å². The summed E-state index contributed by atoms with van der Waals surface area (Å²) in [4.78, 5) is 4.20. The van der Waals surface area contributed by atoms with Crippen molar-refractivity contribution in [3.8, 4) is 0 Å². The van der Waals surface area contributed by atoms with Crippen LogP contribution in [0, 0.1) is 6.92 Å². The average molecular weight is 297 g/mol. The van der Waals surface area contributed by atoms with E-state index in [1.165, 1.54) is 16.5 Å². The highest BCUT2D eigenvalue weighted by Gasteiger charge is 2.15. The molecule has 2 aromatic carbocycles. The molecule has 0 saturated heterocycles. The Morgan fingerprint density at radius 3 is 2.76 bits per heavy atom. The molecule has 0 saturated carbocycles. The number of nitrogens with one attached hydrogen (secondary N) is 1. The number of aryl methyl sites for hydroxylation is 1. The van der Waals surface area contributed by atoms with Crippen molar-refractivity contribution >= 4 is 22.4 Å². The molecule has 3 heteroatoms. The van der Waals surface area contributed by atoms with Crippen LogP contribution in [0.4, 0.5) is 0 Å². The summed E-state index contributed by atoms with van der Waals surface area (Å²) in [6.45, 7) is 2.03. The van der Waals surface area contributed by atoms with E-state index in [4.69, 9.17) is 11.6 Å². The van der Waals surface area contributed by atoms with Crippen LogP contribution in [0.15, 0.2) is 54.9 Å². The maximum Gasteiger partial charge on any atom is 0.0580 e. The number of fused-ring (bicyclic) bond motifs is 1. The van der Waals surface area contributed by atoms with Gasteiger partial charge in [0.1, 0.15) is 0 Å². The molecule has 1 N–H and O–H groups in total. The Hall–Kier alpha value is -1.90.